The Labute approximate surface area is 106 Å². The quantitative estimate of drug-likeness (QED) is 0.898. The van der Waals surface area contributed by atoms with Gasteiger partial charge in [0, 0.05) is 5.69 Å². The van der Waals surface area contributed by atoms with Crippen LogP contribution in [0.3, 0.4) is 0 Å². The number of nitrogens with zero attached hydrogens (tertiary/aromatic N) is 4. The van der Waals surface area contributed by atoms with Gasteiger partial charge in [0.1, 0.15) is 12.1 Å². The van der Waals surface area contributed by atoms with E-state index in [4.69, 9.17) is 22.1 Å². The minimum Gasteiger partial charge on any atom is -0.337 e. The van der Waals surface area contributed by atoms with Gasteiger partial charge in [-0.15, -0.1) is 0 Å². The summed E-state index contributed by atoms with van der Waals surface area (Å²) in [6, 6.07) is 8.70. The number of benzene rings is 1. The molecule has 17 heavy (non-hydrogen) atoms. The molecule has 0 unspecified atom stereocenters. The summed E-state index contributed by atoms with van der Waals surface area (Å²) in [5.41, 5.74) is 1.27. The van der Waals surface area contributed by atoms with E-state index in [1.165, 1.54) is 0 Å². The van der Waals surface area contributed by atoms with Crippen molar-refractivity contribution < 1.29 is 0 Å². The molecule has 0 bridgehead atoms. The molecule has 1 N–H and O–H groups in total. The predicted molar refractivity (Wildman–Crippen MR) is 64.1 cm³/mol. The fourth-order valence-corrected chi connectivity index (χ4v) is 1.85. The van der Waals surface area contributed by atoms with Crippen LogP contribution in [0.5, 0.6) is 0 Å². The van der Waals surface area contributed by atoms with E-state index in [0.29, 0.717) is 22.6 Å². The molecule has 1 heterocycles. The summed E-state index contributed by atoms with van der Waals surface area (Å²) in [4.78, 5) is 0. The Hall–Kier alpha value is -2.15. The molecule has 0 amide bonds. The van der Waals surface area contributed by atoms with E-state index in [1.807, 2.05) is 12.1 Å². The lowest BCUT2D eigenvalue weighted by molar-refractivity contribution is 1.40. The highest BCUT2D eigenvalue weighted by atomic mass is 35.5. The normalized spacial score (nSPS) is 9.35. The van der Waals surface area contributed by atoms with Gasteiger partial charge in [-0.2, -0.15) is 19.3 Å². The van der Waals surface area contributed by atoms with Crippen molar-refractivity contribution in [2.45, 2.75) is 0 Å². The van der Waals surface area contributed by atoms with Gasteiger partial charge in [-0.1, -0.05) is 11.6 Å². The zero-order valence-electron chi connectivity index (χ0n) is 8.31. The van der Waals surface area contributed by atoms with Gasteiger partial charge in [0.25, 0.3) is 0 Å². The number of hydrogen-bond donors (Lipinski definition) is 1. The lowest BCUT2D eigenvalue weighted by atomic mass is 10.1. The monoisotopic (exact) mass is 261 g/mol. The molecule has 0 spiro atoms. The maximum absolute atomic E-state index is 8.87. The van der Waals surface area contributed by atoms with Crippen LogP contribution in [-0.4, -0.2) is 8.75 Å². The molecular weight excluding hydrogens is 258 g/mol. The molecule has 0 atom stereocenters. The van der Waals surface area contributed by atoms with Crippen LogP contribution < -0.4 is 5.32 Å². The fourth-order valence-electron chi connectivity index (χ4n) is 1.20. The summed E-state index contributed by atoms with van der Waals surface area (Å²) in [5, 5.41) is 20.9. The van der Waals surface area contributed by atoms with Crippen molar-refractivity contribution in [3.8, 4) is 12.1 Å². The molecule has 0 saturated carbocycles. The van der Waals surface area contributed by atoms with Crippen LogP contribution in [0, 0.1) is 22.7 Å². The second kappa shape index (κ2) is 4.79. The minimum absolute atomic E-state index is 0.276. The first-order chi connectivity index (χ1) is 8.24. The Balaban J connectivity index is 2.33. The van der Waals surface area contributed by atoms with Gasteiger partial charge in [0.2, 0.25) is 0 Å². The summed E-state index contributed by atoms with van der Waals surface area (Å²) in [6.07, 6.45) is 0. The highest BCUT2D eigenvalue weighted by Crippen LogP contribution is 2.24. The molecule has 0 fully saturated rings. The van der Waals surface area contributed by atoms with E-state index in [0.717, 1.165) is 11.7 Å². The average Bonchev–Trinajstić information content (AvgIpc) is 2.75. The topological polar surface area (TPSA) is 85.4 Å². The third kappa shape index (κ3) is 2.34. The molecule has 1 aromatic carbocycles. The summed E-state index contributed by atoms with van der Waals surface area (Å²) >= 11 is 6.77. The first-order valence-electron chi connectivity index (χ1n) is 4.44. The highest BCUT2D eigenvalue weighted by molar-refractivity contribution is 6.99. The van der Waals surface area contributed by atoms with Crippen LogP contribution in [0.4, 0.5) is 11.5 Å². The van der Waals surface area contributed by atoms with E-state index >= 15 is 0 Å². The van der Waals surface area contributed by atoms with Gasteiger partial charge >= 0.3 is 0 Å². The maximum Gasteiger partial charge on any atom is 0.187 e. The number of nitrogens with one attached hydrogen (secondary N) is 1. The average molecular weight is 262 g/mol. The van der Waals surface area contributed by atoms with Gasteiger partial charge in [-0.25, -0.2) is 0 Å². The third-order valence-electron chi connectivity index (χ3n) is 1.97. The summed E-state index contributed by atoms with van der Waals surface area (Å²) in [5.74, 6) is 0.435. The van der Waals surface area contributed by atoms with E-state index in [2.05, 4.69) is 14.1 Å². The zero-order chi connectivity index (χ0) is 12.3. The van der Waals surface area contributed by atoms with Gasteiger partial charge in [0.15, 0.2) is 11.0 Å². The Morgan fingerprint density at radius 1 is 1.18 bits per heavy atom. The highest BCUT2D eigenvalue weighted by Gasteiger charge is 2.07. The molecule has 5 nitrogen and oxygen atoms in total. The fraction of sp³-hybridized carbons (Fsp3) is 0. The SMILES string of the molecule is N#Cc1ccc(Nc2nsnc2Cl)cc1C#N. The van der Waals surface area contributed by atoms with Crippen molar-refractivity contribution in [1.82, 2.24) is 8.75 Å². The maximum atomic E-state index is 8.87. The van der Waals surface area contributed by atoms with Crippen molar-refractivity contribution in [3.05, 3.63) is 34.5 Å². The number of anilines is 2. The second-order valence-corrected chi connectivity index (χ2v) is 3.90. The molecular formula is C10H4ClN5S. The summed E-state index contributed by atoms with van der Waals surface area (Å²) in [6.45, 7) is 0. The van der Waals surface area contributed by atoms with Crippen molar-refractivity contribution in [3.63, 3.8) is 0 Å². The smallest absolute Gasteiger partial charge is 0.187 e. The van der Waals surface area contributed by atoms with Gasteiger partial charge < -0.3 is 5.32 Å². The predicted octanol–water partition coefficient (Wildman–Crippen LogP) is 2.68. The van der Waals surface area contributed by atoms with E-state index < -0.39 is 0 Å². The van der Waals surface area contributed by atoms with Crippen LogP contribution >= 0.6 is 23.3 Å². The standard InChI is InChI=1S/C10H4ClN5S/c11-9-10(16-17-15-9)14-8-2-1-6(4-12)7(3-8)5-13/h1-3H,(H,14,16). The molecule has 0 saturated heterocycles. The van der Waals surface area contributed by atoms with Crippen molar-refractivity contribution >= 4 is 34.8 Å². The lowest BCUT2D eigenvalue weighted by Crippen LogP contribution is -1.93. The number of hydrogen-bond acceptors (Lipinski definition) is 6. The molecule has 0 aliphatic heterocycles. The number of nitriles is 2. The molecule has 1 aromatic heterocycles. The van der Waals surface area contributed by atoms with Gasteiger partial charge in [0.05, 0.1) is 22.9 Å². The Morgan fingerprint density at radius 2 is 1.94 bits per heavy atom. The summed E-state index contributed by atoms with van der Waals surface area (Å²) in [7, 11) is 0. The Kier molecular flexibility index (Phi) is 3.20. The minimum atomic E-state index is 0.276. The first-order valence-corrected chi connectivity index (χ1v) is 5.54. The molecule has 2 rings (SSSR count). The van der Waals surface area contributed by atoms with Gasteiger partial charge in [-0.3, -0.25) is 0 Å². The van der Waals surface area contributed by atoms with Crippen LogP contribution in [0.2, 0.25) is 5.15 Å². The van der Waals surface area contributed by atoms with E-state index in [9.17, 15) is 0 Å². The molecule has 0 aliphatic rings. The molecule has 2 aromatic rings. The molecule has 0 radical (unpaired) electrons. The van der Waals surface area contributed by atoms with Crippen LogP contribution in [0.1, 0.15) is 11.1 Å². The molecule has 0 aliphatic carbocycles. The second-order valence-electron chi connectivity index (χ2n) is 3.01. The number of aromatic nitrogens is 2. The Bertz CT molecular complexity index is 637. The lowest BCUT2D eigenvalue weighted by Gasteiger charge is -2.03. The summed E-state index contributed by atoms with van der Waals surface area (Å²) < 4.78 is 7.75. The van der Waals surface area contributed by atoms with Crippen LogP contribution in [0.25, 0.3) is 0 Å². The van der Waals surface area contributed by atoms with Gasteiger partial charge in [-0.05, 0) is 18.2 Å². The number of rotatable bonds is 2. The number of halogens is 1. The first kappa shape index (κ1) is 11.3. The largest absolute Gasteiger partial charge is 0.337 e. The van der Waals surface area contributed by atoms with Crippen molar-refractivity contribution in [1.29, 1.82) is 10.5 Å². The Morgan fingerprint density at radius 3 is 2.53 bits per heavy atom. The van der Waals surface area contributed by atoms with Crippen LogP contribution in [0.15, 0.2) is 18.2 Å². The van der Waals surface area contributed by atoms with Crippen molar-refractivity contribution in [2.75, 3.05) is 5.32 Å². The molecule has 82 valence electrons. The van der Waals surface area contributed by atoms with Crippen molar-refractivity contribution in [2.24, 2.45) is 0 Å². The van der Waals surface area contributed by atoms with E-state index in [1.54, 1.807) is 18.2 Å². The molecule has 7 heteroatoms. The zero-order valence-corrected chi connectivity index (χ0v) is 9.88. The van der Waals surface area contributed by atoms with Crippen LogP contribution in [-0.2, 0) is 0 Å². The third-order valence-corrected chi connectivity index (χ3v) is 2.86. The van der Waals surface area contributed by atoms with E-state index in [-0.39, 0.29) is 5.15 Å².